The van der Waals surface area contributed by atoms with Crippen molar-refractivity contribution in [2.24, 2.45) is 0 Å². The number of piperidine rings is 1. The summed E-state index contributed by atoms with van der Waals surface area (Å²) in [5.41, 5.74) is 3.80. The monoisotopic (exact) mass is 415 g/mol. The predicted octanol–water partition coefficient (Wildman–Crippen LogP) is 3.28. The molecule has 0 atom stereocenters. The molecule has 1 amide bonds. The van der Waals surface area contributed by atoms with Crippen LogP contribution >= 0.6 is 0 Å². The van der Waals surface area contributed by atoms with Crippen molar-refractivity contribution in [3.63, 3.8) is 0 Å². The average molecular weight is 416 g/mol. The van der Waals surface area contributed by atoms with Gasteiger partial charge in [0.25, 0.3) is 5.91 Å². The Morgan fingerprint density at radius 3 is 2.45 bits per heavy atom. The molecule has 0 bridgehead atoms. The standard InChI is InChI=1S/C22H29N3O3S/c1-17-20(10-7-11-21(17)24-29(2,27)28)22(26)23-15-18-8-6-9-19(14-18)16-25-12-4-3-5-13-25/h6-11,14,24H,3-5,12-13,15-16H2,1-2H3,(H,23,26). The molecule has 1 aliphatic rings. The molecule has 0 radical (unpaired) electrons. The summed E-state index contributed by atoms with van der Waals surface area (Å²) in [6.07, 6.45) is 4.95. The van der Waals surface area contributed by atoms with E-state index in [-0.39, 0.29) is 5.91 Å². The Kier molecular flexibility index (Phi) is 6.92. The summed E-state index contributed by atoms with van der Waals surface area (Å²) in [5.74, 6) is -0.221. The molecule has 0 saturated carbocycles. The summed E-state index contributed by atoms with van der Waals surface area (Å²) in [5, 5.41) is 2.95. The topological polar surface area (TPSA) is 78.5 Å². The molecule has 6 nitrogen and oxygen atoms in total. The van der Waals surface area contributed by atoms with Crippen LogP contribution in [0.1, 0.15) is 46.3 Å². The summed E-state index contributed by atoms with van der Waals surface area (Å²) >= 11 is 0. The van der Waals surface area contributed by atoms with E-state index in [4.69, 9.17) is 0 Å². The first-order valence-corrected chi connectivity index (χ1v) is 11.9. The zero-order valence-corrected chi connectivity index (χ0v) is 17.9. The minimum absolute atomic E-state index is 0.221. The fraction of sp³-hybridized carbons (Fsp3) is 0.409. The normalized spacial score (nSPS) is 15.1. The molecule has 7 heteroatoms. The van der Waals surface area contributed by atoms with E-state index in [1.807, 2.05) is 12.1 Å². The molecule has 1 saturated heterocycles. The Bertz CT molecular complexity index is 967. The molecule has 0 aliphatic carbocycles. The van der Waals surface area contributed by atoms with E-state index < -0.39 is 10.0 Å². The van der Waals surface area contributed by atoms with Crippen LogP contribution in [-0.4, -0.2) is 38.6 Å². The van der Waals surface area contributed by atoms with Crippen molar-refractivity contribution in [2.45, 2.75) is 39.3 Å². The largest absolute Gasteiger partial charge is 0.348 e. The lowest BCUT2D eigenvalue weighted by atomic mass is 10.1. The van der Waals surface area contributed by atoms with Crippen LogP contribution in [0.25, 0.3) is 0 Å². The highest BCUT2D eigenvalue weighted by atomic mass is 32.2. The van der Waals surface area contributed by atoms with Crippen LogP contribution in [0.5, 0.6) is 0 Å². The van der Waals surface area contributed by atoms with Gasteiger partial charge in [-0.1, -0.05) is 36.8 Å². The van der Waals surface area contributed by atoms with Crippen molar-refractivity contribution in [3.8, 4) is 0 Å². The van der Waals surface area contributed by atoms with Crippen LogP contribution in [0.15, 0.2) is 42.5 Å². The molecule has 1 heterocycles. The fourth-order valence-corrected chi connectivity index (χ4v) is 4.30. The quantitative estimate of drug-likeness (QED) is 0.727. The number of nitrogens with one attached hydrogen (secondary N) is 2. The van der Waals surface area contributed by atoms with E-state index >= 15 is 0 Å². The highest BCUT2D eigenvalue weighted by Crippen LogP contribution is 2.20. The van der Waals surface area contributed by atoms with Gasteiger partial charge in [-0.05, 0) is 61.7 Å². The second-order valence-corrected chi connectivity index (χ2v) is 9.44. The van der Waals surface area contributed by atoms with E-state index in [0.717, 1.165) is 31.5 Å². The van der Waals surface area contributed by atoms with E-state index in [0.29, 0.717) is 23.4 Å². The van der Waals surface area contributed by atoms with Crippen LogP contribution in [0.2, 0.25) is 0 Å². The van der Waals surface area contributed by atoms with E-state index in [9.17, 15) is 13.2 Å². The minimum atomic E-state index is -3.40. The van der Waals surface area contributed by atoms with Gasteiger partial charge in [-0.15, -0.1) is 0 Å². The number of hydrogen-bond donors (Lipinski definition) is 2. The Labute approximate surface area is 173 Å². The van der Waals surface area contributed by atoms with Gasteiger partial charge in [0.2, 0.25) is 10.0 Å². The van der Waals surface area contributed by atoms with Crippen molar-refractivity contribution in [2.75, 3.05) is 24.1 Å². The van der Waals surface area contributed by atoms with Crippen LogP contribution in [-0.2, 0) is 23.1 Å². The first kappa shape index (κ1) is 21.3. The lowest BCUT2D eigenvalue weighted by Crippen LogP contribution is -2.29. The van der Waals surface area contributed by atoms with Crippen LogP contribution in [0.3, 0.4) is 0 Å². The van der Waals surface area contributed by atoms with Gasteiger partial charge >= 0.3 is 0 Å². The number of amides is 1. The molecule has 1 fully saturated rings. The van der Waals surface area contributed by atoms with Gasteiger partial charge in [-0.3, -0.25) is 14.4 Å². The number of carbonyl (C=O) groups excluding carboxylic acids is 1. The zero-order valence-electron chi connectivity index (χ0n) is 17.1. The number of rotatable bonds is 7. The molecule has 0 unspecified atom stereocenters. The first-order chi connectivity index (χ1) is 13.8. The summed E-state index contributed by atoms with van der Waals surface area (Å²) in [6, 6.07) is 13.3. The summed E-state index contributed by atoms with van der Waals surface area (Å²) in [4.78, 5) is 15.1. The maximum atomic E-state index is 12.7. The van der Waals surface area contributed by atoms with Gasteiger partial charge in [-0.25, -0.2) is 8.42 Å². The third-order valence-corrected chi connectivity index (χ3v) is 5.76. The van der Waals surface area contributed by atoms with E-state index in [1.54, 1.807) is 25.1 Å². The van der Waals surface area contributed by atoms with Gasteiger partial charge in [0.05, 0.1) is 11.9 Å². The number of likely N-dealkylation sites (tertiary alicyclic amines) is 1. The van der Waals surface area contributed by atoms with Gasteiger partial charge in [0, 0.05) is 18.7 Å². The first-order valence-electron chi connectivity index (χ1n) is 9.97. The lowest BCUT2D eigenvalue weighted by molar-refractivity contribution is 0.0950. The third kappa shape index (κ3) is 6.30. The molecular weight excluding hydrogens is 386 g/mol. The Hall–Kier alpha value is -2.38. The second-order valence-electron chi connectivity index (χ2n) is 7.69. The highest BCUT2D eigenvalue weighted by Gasteiger charge is 2.14. The lowest BCUT2D eigenvalue weighted by Gasteiger charge is -2.26. The number of hydrogen-bond acceptors (Lipinski definition) is 4. The second kappa shape index (κ2) is 9.41. The Morgan fingerprint density at radius 1 is 1.03 bits per heavy atom. The number of carbonyl (C=O) groups is 1. The van der Waals surface area contributed by atoms with Gasteiger partial charge in [0.1, 0.15) is 0 Å². The number of anilines is 1. The SMILES string of the molecule is Cc1c(NS(C)(=O)=O)cccc1C(=O)NCc1cccc(CN2CCCCC2)c1. The predicted molar refractivity (Wildman–Crippen MR) is 116 cm³/mol. The van der Waals surface area contributed by atoms with Crippen LogP contribution < -0.4 is 10.0 Å². The maximum absolute atomic E-state index is 12.7. The van der Waals surface area contributed by atoms with Crippen molar-refractivity contribution in [1.82, 2.24) is 10.2 Å². The van der Waals surface area contributed by atoms with Crippen LogP contribution in [0, 0.1) is 6.92 Å². The smallest absolute Gasteiger partial charge is 0.251 e. The maximum Gasteiger partial charge on any atom is 0.251 e. The average Bonchev–Trinajstić information content (AvgIpc) is 2.68. The van der Waals surface area contributed by atoms with Gasteiger partial charge in [0.15, 0.2) is 0 Å². The molecular formula is C22H29N3O3S. The molecule has 0 aromatic heterocycles. The number of benzene rings is 2. The Balaban J connectivity index is 1.63. The van der Waals surface area contributed by atoms with E-state index in [2.05, 4.69) is 27.1 Å². The zero-order chi connectivity index (χ0) is 20.9. The summed E-state index contributed by atoms with van der Waals surface area (Å²) in [7, 11) is -3.40. The molecule has 29 heavy (non-hydrogen) atoms. The molecule has 2 aromatic rings. The van der Waals surface area contributed by atoms with Crippen molar-refractivity contribution in [3.05, 3.63) is 64.7 Å². The summed E-state index contributed by atoms with van der Waals surface area (Å²) < 4.78 is 25.5. The minimum Gasteiger partial charge on any atom is -0.348 e. The van der Waals surface area contributed by atoms with Crippen LogP contribution in [0.4, 0.5) is 5.69 Å². The van der Waals surface area contributed by atoms with Gasteiger partial charge in [-0.2, -0.15) is 0 Å². The Morgan fingerprint density at radius 2 is 1.72 bits per heavy atom. The number of nitrogens with zero attached hydrogens (tertiary/aromatic N) is 1. The molecule has 0 spiro atoms. The molecule has 156 valence electrons. The van der Waals surface area contributed by atoms with Crippen molar-refractivity contribution in [1.29, 1.82) is 0 Å². The molecule has 1 aliphatic heterocycles. The molecule has 2 N–H and O–H groups in total. The highest BCUT2D eigenvalue weighted by molar-refractivity contribution is 7.92. The molecule has 3 rings (SSSR count). The third-order valence-electron chi connectivity index (χ3n) is 5.17. The van der Waals surface area contributed by atoms with Crippen molar-refractivity contribution >= 4 is 21.6 Å². The van der Waals surface area contributed by atoms with E-state index in [1.165, 1.54) is 24.8 Å². The molecule has 2 aromatic carbocycles. The fourth-order valence-electron chi connectivity index (χ4n) is 3.68. The van der Waals surface area contributed by atoms with Gasteiger partial charge < -0.3 is 5.32 Å². The number of sulfonamides is 1. The summed E-state index contributed by atoms with van der Waals surface area (Å²) in [6.45, 7) is 5.41. The van der Waals surface area contributed by atoms with Crippen molar-refractivity contribution < 1.29 is 13.2 Å².